The highest BCUT2D eigenvalue weighted by molar-refractivity contribution is 4.58. The zero-order chi connectivity index (χ0) is 7.28. The van der Waals surface area contributed by atoms with Crippen LogP contribution in [0.3, 0.4) is 0 Å². The minimum Gasteiger partial charge on any atom is -0.378 e. The number of rotatable bonds is 4. The van der Waals surface area contributed by atoms with Gasteiger partial charge in [0.2, 0.25) is 0 Å². The summed E-state index contributed by atoms with van der Waals surface area (Å²) in [6.45, 7) is 9.45. The first-order valence-electron chi connectivity index (χ1n) is 3.83. The second kappa shape index (κ2) is 4.80. The molecule has 9 heavy (non-hydrogen) atoms. The van der Waals surface area contributed by atoms with E-state index in [0.29, 0.717) is 12.0 Å². The summed E-state index contributed by atoms with van der Waals surface area (Å²) in [5.41, 5.74) is 0. The van der Waals surface area contributed by atoms with Gasteiger partial charge in [0.1, 0.15) is 0 Å². The molecular formula is C8H18O. The second-order valence-corrected chi connectivity index (χ2v) is 2.65. The van der Waals surface area contributed by atoms with Crippen molar-refractivity contribution in [1.82, 2.24) is 0 Å². The van der Waals surface area contributed by atoms with Crippen LogP contribution in [0.4, 0.5) is 0 Å². The van der Waals surface area contributed by atoms with Crippen LogP contribution in [0.1, 0.15) is 34.1 Å². The van der Waals surface area contributed by atoms with Gasteiger partial charge < -0.3 is 4.74 Å². The molecule has 0 aliphatic heterocycles. The fraction of sp³-hybridized carbons (Fsp3) is 1.00. The fourth-order valence-electron chi connectivity index (χ4n) is 0.996. The van der Waals surface area contributed by atoms with Crippen LogP contribution in [0.2, 0.25) is 0 Å². The van der Waals surface area contributed by atoms with Crippen molar-refractivity contribution < 1.29 is 4.74 Å². The maximum atomic E-state index is 5.45. The molecule has 0 bridgehead atoms. The maximum Gasteiger partial charge on any atom is 0.0595 e. The molecule has 0 aromatic carbocycles. The van der Waals surface area contributed by atoms with Crippen molar-refractivity contribution in [2.24, 2.45) is 5.92 Å². The Morgan fingerprint density at radius 3 is 1.89 bits per heavy atom. The number of hydrogen-bond donors (Lipinski definition) is 0. The molecule has 0 unspecified atom stereocenters. The summed E-state index contributed by atoms with van der Waals surface area (Å²) in [5.74, 6) is 0.662. The Hall–Kier alpha value is -0.0400. The highest BCUT2D eigenvalue weighted by atomic mass is 16.5. The van der Waals surface area contributed by atoms with Crippen LogP contribution in [0.25, 0.3) is 0 Å². The summed E-state index contributed by atoms with van der Waals surface area (Å²) < 4.78 is 5.45. The topological polar surface area (TPSA) is 9.23 Å². The first kappa shape index (κ1) is 8.96. The Morgan fingerprint density at radius 1 is 1.22 bits per heavy atom. The zero-order valence-electron chi connectivity index (χ0n) is 6.98. The Bertz CT molecular complexity index is 59.6. The highest BCUT2D eigenvalue weighted by Crippen LogP contribution is 2.09. The molecule has 0 radical (unpaired) electrons. The molecule has 0 N–H and O–H groups in total. The summed E-state index contributed by atoms with van der Waals surface area (Å²) in [4.78, 5) is 0. The van der Waals surface area contributed by atoms with Crippen LogP contribution in [-0.4, -0.2) is 12.7 Å². The summed E-state index contributed by atoms with van der Waals surface area (Å²) in [6, 6.07) is 0. The normalized spacial score (nSPS) is 14.3. The predicted molar refractivity (Wildman–Crippen MR) is 40.5 cm³/mol. The third-order valence-corrected chi connectivity index (χ3v) is 1.53. The van der Waals surface area contributed by atoms with Crippen molar-refractivity contribution in [3.05, 3.63) is 0 Å². The monoisotopic (exact) mass is 130 g/mol. The summed E-state index contributed by atoms with van der Waals surface area (Å²) >= 11 is 0. The van der Waals surface area contributed by atoms with Crippen LogP contribution < -0.4 is 0 Å². The van der Waals surface area contributed by atoms with E-state index in [9.17, 15) is 0 Å². The highest BCUT2D eigenvalue weighted by Gasteiger charge is 2.08. The molecule has 0 fully saturated rings. The molecule has 0 aromatic heterocycles. The van der Waals surface area contributed by atoms with Gasteiger partial charge in [0, 0.05) is 6.61 Å². The van der Waals surface area contributed by atoms with Crippen molar-refractivity contribution >= 4 is 0 Å². The summed E-state index contributed by atoms with van der Waals surface area (Å²) in [7, 11) is 0. The van der Waals surface area contributed by atoms with E-state index >= 15 is 0 Å². The third kappa shape index (κ3) is 3.52. The van der Waals surface area contributed by atoms with Gasteiger partial charge in [-0.25, -0.2) is 0 Å². The average molecular weight is 130 g/mol. The molecule has 1 heteroatoms. The molecule has 0 heterocycles. The molecule has 0 rings (SSSR count). The lowest BCUT2D eigenvalue weighted by molar-refractivity contribution is 0.0282. The molecule has 0 aromatic rings. The summed E-state index contributed by atoms with van der Waals surface area (Å²) in [5, 5.41) is 0. The molecule has 1 atom stereocenters. The number of ether oxygens (including phenoxy) is 1. The first-order valence-corrected chi connectivity index (χ1v) is 3.83. The average Bonchev–Trinajstić information content (AvgIpc) is 1.82. The van der Waals surface area contributed by atoms with E-state index in [1.54, 1.807) is 0 Å². The number of hydrogen-bond acceptors (Lipinski definition) is 1. The van der Waals surface area contributed by atoms with Crippen LogP contribution in [0, 0.1) is 5.92 Å². The van der Waals surface area contributed by atoms with Gasteiger partial charge >= 0.3 is 0 Å². The minimum atomic E-state index is 0.468. The Morgan fingerprint density at radius 2 is 1.78 bits per heavy atom. The van der Waals surface area contributed by atoms with Gasteiger partial charge in [-0.1, -0.05) is 20.8 Å². The van der Waals surface area contributed by atoms with E-state index in [1.165, 1.54) is 0 Å². The molecular weight excluding hydrogens is 112 g/mol. The minimum absolute atomic E-state index is 0.468. The van der Waals surface area contributed by atoms with Crippen molar-refractivity contribution in [2.75, 3.05) is 6.61 Å². The van der Waals surface area contributed by atoms with Gasteiger partial charge in [-0.15, -0.1) is 0 Å². The van der Waals surface area contributed by atoms with Crippen molar-refractivity contribution in [2.45, 2.75) is 40.2 Å². The Kier molecular flexibility index (Phi) is 4.78. The largest absolute Gasteiger partial charge is 0.378 e. The van der Waals surface area contributed by atoms with Crippen molar-refractivity contribution in [3.63, 3.8) is 0 Å². The molecule has 0 saturated heterocycles. The van der Waals surface area contributed by atoms with E-state index in [1.807, 2.05) is 6.92 Å². The molecule has 56 valence electrons. The van der Waals surface area contributed by atoms with E-state index < -0.39 is 0 Å². The van der Waals surface area contributed by atoms with Gasteiger partial charge in [-0.2, -0.15) is 0 Å². The van der Waals surface area contributed by atoms with E-state index in [0.717, 1.165) is 13.0 Å². The van der Waals surface area contributed by atoms with Gasteiger partial charge in [0.05, 0.1) is 6.10 Å². The molecule has 0 saturated carbocycles. The quantitative estimate of drug-likeness (QED) is 0.568. The second-order valence-electron chi connectivity index (χ2n) is 2.65. The van der Waals surface area contributed by atoms with Crippen LogP contribution in [0.5, 0.6) is 0 Å². The molecule has 0 aliphatic carbocycles. The maximum absolute atomic E-state index is 5.45. The van der Waals surface area contributed by atoms with E-state index in [-0.39, 0.29) is 0 Å². The SMILES string of the molecule is CCO[C@@H](CC)C(C)C. The van der Waals surface area contributed by atoms with Gasteiger partial charge in [-0.3, -0.25) is 0 Å². The first-order chi connectivity index (χ1) is 4.22. The molecule has 0 spiro atoms. The Labute approximate surface area is 58.4 Å². The fourth-order valence-corrected chi connectivity index (χ4v) is 0.996. The predicted octanol–water partition coefficient (Wildman–Crippen LogP) is 2.46. The van der Waals surface area contributed by atoms with Crippen LogP contribution in [-0.2, 0) is 4.74 Å². The Balaban J connectivity index is 3.41. The lowest BCUT2D eigenvalue weighted by atomic mass is 10.1. The van der Waals surface area contributed by atoms with Crippen LogP contribution >= 0.6 is 0 Å². The van der Waals surface area contributed by atoms with Gasteiger partial charge in [0.15, 0.2) is 0 Å². The standard InChI is InChI=1S/C8H18O/c1-5-8(7(3)4)9-6-2/h7-8H,5-6H2,1-4H3/t8-/m0/s1. The smallest absolute Gasteiger partial charge is 0.0595 e. The lowest BCUT2D eigenvalue weighted by Gasteiger charge is -2.18. The van der Waals surface area contributed by atoms with Crippen LogP contribution in [0.15, 0.2) is 0 Å². The van der Waals surface area contributed by atoms with Crippen molar-refractivity contribution in [3.8, 4) is 0 Å². The zero-order valence-corrected chi connectivity index (χ0v) is 6.98. The molecule has 0 aliphatic rings. The molecule has 0 amide bonds. The molecule has 1 nitrogen and oxygen atoms in total. The summed E-state index contributed by atoms with van der Waals surface area (Å²) in [6.07, 6.45) is 1.60. The third-order valence-electron chi connectivity index (χ3n) is 1.53. The van der Waals surface area contributed by atoms with E-state index in [2.05, 4.69) is 20.8 Å². The van der Waals surface area contributed by atoms with E-state index in [4.69, 9.17) is 4.74 Å². The van der Waals surface area contributed by atoms with Gasteiger partial charge in [-0.05, 0) is 19.3 Å². The van der Waals surface area contributed by atoms with Gasteiger partial charge in [0.25, 0.3) is 0 Å². The lowest BCUT2D eigenvalue weighted by Crippen LogP contribution is -2.18. The van der Waals surface area contributed by atoms with Crippen molar-refractivity contribution in [1.29, 1.82) is 0 Å².